The molecule has 4 aliphatic carbocycles. The number of hydrogen-bond acceptors (Lipinski definition) is 2. The van der Waals surface area contributed by atoms with Crippen molar-refractivity contribution in [2.24, 2.45) is 11.8 Å². The highest BCUT2D eigenvalue weighted by Gasteiger charge is 2.30. The first-order chi connectivity index (χ1) is 23.1. The minimum Gasteiger partial charge on any atom is -0.334 e. The lowest BCUT2D eigenvalue weighted by atomic mass is 9.85. The van der Waals surface area contributed by atoms with Gasteiger partial charge < -0.3 is 9.80 Å². The predicted octanol–water partition coefficient (Wildman–Crippen LogP) is 12.1. The largest absolute Gasteiger partial charge is 0.334 e. The molecule has 0 aliphatic heterocycles. The molecule has 0 heterocycles. The Morgan fingerprint density at radius 2 is 1.49 bits per heavy atom. The summed E-state index contributed by atoms with van der Waals surface area (Å²) in [5.41, 5.74) is 10.7. The van der Waals surface area contributed by atoms with Crippen molar-refractivity contribution in [1.29, 1.82) is 0 Å². The summed E-state index contributed by atoms with van der Waals surface area (Å²) in [5.74, 6) is 0.964. The maximum absolute atomic E-state index is 2.64. The van der Waals surface area contributed by atoms with Crippen molar-refractivity contribution in [2.75, 3.05) is 9.80 Å². The molecule has 0 bridgehead atoms. The Balaban J connectivity index is 1.41. The van der Waals surface area contributed by atoms with Gasteiger partial charge in [-0.15, -0.1) is 0 Å². The predicted molar refractivity (Wildman–Crippen MR) is 203 cm³/mol. The molecule has 0 radical (unpaired) electrons. The molecule has 8 rings (SSSR count). The molecule has 234 valence electrons. The van der Waals surface area contributed by atoms with E-state index < -0.39 is 0 Å². The van der Waals surface area contributed by atoms with Gasteiger partial charge in [0.15, 0.2) is 0 Å². The van der Waals surface area contributed by atoms with Gasteiger partial charge in [-0.25, -0.2) is 0 Å². The summed E-state index contributed by atoms with van der Waals surface area (Å²) < 4.78 is 0. The van der Waals surface area contributed by atoms with E-state index >= 15 is 0 Å². The van der Waals surface area contributed by atoms with Crippen LogP contribution >= 0.6 is 0 Å². The lowest BCUT2D eigenvalue weighted by molar-refractivity contribution is 0.593. The highest BCUT2D eigenvalue weighted by molar-refractivity contribution is 6.16. The van der Waals surface area contributed by atoms with Crippen molar-refractivity contribution in [3.05, 3.63) is 156 Å². The van der Waals surface area contributed by atoms with Crippen molar-refractivity contribution in [2.45, 2.75) is 58.9 Å². The van der Waals surface area contributed by atoms with Gasteiger partial charge in [-0.3, -0.25) is 0 Å². The molecule has 4 aromatic carbocycles. The zero-order chi connectivity index (χ0) is 31.9. The molecule has 2 heteroatoms. The second-order valence-electron chi connectivity index (χ2n) is 13.8. The van der Waals surface area contributed by atoms with Crippen molar-refractivity contribution in [1.82, 2.24) is 0 Å². The minimum atomic E-state index is 0.245. The molecule has 0 amide bonds. The lowest BCUT2D eigenvalue weighted by Gasteiger charge is -2.39. The number of aryl methyl sites for hydroxylation is 1. The molecule has 0 saturated carbocycles. The topological polar surface area (TPSA) is 6.48 Å². The van der Waals surface area contributed by atoms with Crippen LogP contribution in [-0.4, -0.2) is 6.04 Å². The number of benzene rings is 4. The zero-order valence-corrected chi connectivity index (χ0v) is 27.9. The summed E-state index contributed by atoms with van der Waals surface area (Å²) in [7, 11) is 0. The number of para-hydroxylation sites is 1. The molecule has 3 atom stereocenters. The molecule has 2 nitrogen and oxygen atoms in total. The molecule has 4 aliphatic rings. The third-order valence-electron chi connectivity index (χ3n) is 10.5. The van der Waals surface area contributed by atoms with Gasteiger partial charge in [0.2, 0.25) is 0 Å². The molecule has 4 aromatic rings. The van der Waals surface area contributed by atoms with Crippen LogP contribution in [0.2, 0.25) is 0 Å². The van der Waals surface area contributed by atoms with Crippen LogP contribution in [0, 0.1) is 11.8 Å². The summed E-state index contributed by atoms with van der Waals surface area (Å²) in [5, 5.41) is 5.33. The second-order valence-corrected chi connectivity index (χ2v) is 13.8. The first kappa shape index (κ1) is 29.6. The van der Waals surface area contributed by atoms with E-state index in [4.69, 9.17) is 0 Å². The van der Waals surface area contributed by atoms with Gasteiger partial charge in [-0.2, -0.15) is 0 Å². The molecule has 0 saturated heterocycles. The summed E-state index contributed by atoms with van der Waals surface area (Å²) >= 11 is 0. The van der Waals surface area contributed by atoms with Crippen LogP contribution in [-0.2, 0) is 6.42 Å². The Labute approximate surface area is 280 Å². The SMILES string of the molecule is CC1=CC=C(N(c2ccccc2)c2cc3c4c(c(N(C5=CCC(C)C=C5)C5C=CC=CC5C)cc3c3ccccc23)C=CCC4)CC1. The highest BCUT2D eigenvalue weighted by atomic mass is 15.2. The molecule has 47 heavy (non-hydrogen) atoms. The van der Waals surface area contributed by atoms with Crippen LogP contribution in [0.25, 0.3) is 27.6 Å². The van der Waals surface area contributed by atoms with Crippen LogP contribution in [0.1, 0.15) is 57.6 Å². The quantitative estimate of drug-likeness (QED) is 0.200. The Bertz CT molecular complexity index is 2070. The number of rotatable bonds is 6. The van der Waals surface area contributed by atoms with Crippen LogP contribution in [0.4, 0.5) is 17.1 Å². The van der Waals surface area contributed by atoms with Gasteiger partial charge in [-0.1, -0.05) is 117 Å². The molecule has 0 N–H and O–H groups in total. The summed E-state index contributed by atoms with van der Waals surface area (Å²) in [6.45, 7) is 6.91. The molecular weight excluding hydrogens is 569 g/mol. The highest BCUT2D eigenvalue weighted by Crippen LogP contribution is 2.47. The first-order valence-electron chi connectivity index (χ1n) is 17.5. The number of nitrogens with zero attached hydrogens (tertiary/aromatic N) is 2. The van der Waals surface area contributed by atoms with E-state index in [2.05, 4.69) is 164 Å². The Morgan fingerprint density at radius 3 is 2.26 bits per heavy atom. The van der Waals surface area contributed by atoms with Crippen LogP contribution < -0.4 is 9.80 Å². The molecule has 0 spiro atoms. The van der Waals surface area contributed by atoms with E-state index in [0.29, 0.717) is 11.8 Å². The average molecular weight is 613 g/mol. The van der Waals surface area contributed by atoms with Crippen molar-refractivity contribution in [3.63, 3.8) is 0 Å². The minimum absolute atomic E-state index is 0.245. The van der Waals surface area contributed by atoms with E-state index in [-0.39, 0.29) is 6.04 Å². The van der Waals surface area contributed by atoms with Crippen LogP contribution in [0.3, 0.4) is 0 Å². The average Bonchev–Trinajstić information content (AvgIpc) is 3.11. The molecule has 0 fully saturated rings. The fourth-order valence-electron chi connectivity index (χ4n) is 7.91. The van der Waals surface area contributed by atoms with Crippen molar-refractivity contribution in [3.8, 4) is 0 Å². The Morgan fingerprint density at radius 1 is 0.702 bits per heavy atom. The van der Waals surface area contributed by atoms with Crippen LogP contribution in [0.15, 0.2) is 144 Å². The number of hydrogen-bond donors (Lipinski definition) is 0. The maximum Gasteiger partial charge on any atom is 0.0585 e. The third-order valence-corrected chi connectivity index (χ3v) is 10.5. The van der Waals surface area contributed by atoms with E-state index in [1.807, 2.05) is 0 Å². The smallest absolute Gasteiger partial charge is 0.0585 e. The molecule has 0 aromatic heterocycles. The van der Waals surface area contributed by atoms with Gasteiger partial charge in [0.1, 0.15) is 0 Å². The molecular formula is C45H44N2. The van der Waals surface area contributed by atoms with Gasteiger partial charge in [-0.05, 0) is 109 Å². The summed E-state index contributed by atoms with van der Waals surface area (Å²) in [6, 6.07) is 25.3. The third kappa shape index (κ3) is 5.40. The number of anilines is 3. The van der Waals surface area contributed by atoms with Crippen molar-refractivity contribution >= 4 is 44.7 Å². The Hall–Kier alpha value is -4.82. The van der Waals surface area contributed by atoms with E-state index in [1.54, 1.807) is 0 Å². The van der Waals surface area contributed by atoms with E-state index in [0.717, 1.165) is 32.1 Å². The standard InChI is InChI=1S/C45H44N2/c1-31-21-25-35(26-22-31)46(34-14-5-4-6-15-34)44-29-41-38-17-9-11-19-40(38)45(30-42(41)37-16-8-10-18-39(37)44)47(36-27-23-32(2)24-28-36)43-20-12-7-13-33(43)3/h4-8,10-16,18-21,23,25,27-30,32-33,43H,9,17,22,24,26H2,1-3H3. The lowest BCUT2D eigenvalue weighted by Crippen LogP contribution is -2.39. The fourth-order valence-corrected chi connectivity index (χ4v) is 7.91. The normalized spacial score (nSPS) is 21.8. The zero-order valence-electron chi connectivity index (χ0n) is 27.9. The van der Waals surface area contributed by atoms with Gasteiger partial charge in [0.05, 0.1) is 11.7 Å². The molecule has 3 unspecified atom stereocenters. The number of allylic oxidation sites excluding steroid dienone is 10. The van der Waals surface area contributed by atoms with Gasteiger partial charge in [0, 0.05) is 33.7 Å². The van der Waals surface area contributed by atoms with E-state index in [9.17, 15) is 0 Å². The Kier molecular flexibility index (Phi) is 7.81. The summed E-state index contributed by atoms with van der Waals surface area (Å²) in [6.07, 6.45) is 31.1. The second kappa shape index (κ2) is 12.4. The van der Waals surface area contributed by atoms with Crippen LogP contribution in [0.5, 0.6) is 0 Å². The monoisotopic (exact) mass is 612 g/mol. The first-order valence-corrected chi connectivity index (χ1v) is 17.5. The van der Waals surface area contributed by atoms with Gasteiger partial charge >= 0.3 is 0 Å². The number of fused-ring (bicyclic) bond motifs is 5. The maximum atomic E-state index is 2.64. The van der Waals surface area contributed by atoms with Crippen molar-refractivity contribution < 1.29 is 0 Å². The summed E-state index contributed by atoms with van der Waals surface area (Å²) in [4.78, 5) is 5.16. The van der Waals surface area contributed by atoms with E-state index in [1.165, 1.54) is 66.7 Å². The fraction of sp³-hybridized carbons (Fsp3) is 0.244. The van der Waals surface area contributed by atoms with Gasteiger partial charge in [0.25, 0.3) is 0 Å².